The lowest BCUT2D eigenvalue weighted by Crippen LogP contribution is -2.76. The number of amides is 1. The van der Waals surface area contributed by atoms with Crippen LogP contribution in [0.2, 0.25) is 0 Å². The van der Waals surface area contributed by atoms with Gasteiger partial charge in [0.15, 0.2) is 5.92 Å². The molecule has 2 N–H and O–H groups in total. The number of β-lactam (4-membered cyclic amide) rings is 1. The zero-order valence-electron chi connectivity index (χ0n) is 21.5. The van der Waals surface area contributed by atoms with Crippen molar-refractivity contribution >= 4 is 51.5 Å². The smallest absolute Gasteiger partial charge is 0.474 e. The van der Waals surface area contributed by atoms with Gasteiger partial charge < -0.3 is 19.7 Å². The number of imidazole rings is 1. The molecular weight excluding hydrogens is 518 g/mol. The maximum Gasteiger partial charge on any atom is 0.512 e. The zero-order valence-corrected chi connectivity index (χ0v) is 23.1. The molecule has 2 aliphatic rings. The Labute approximate surface area is 223 Å². The number of aliphatic hydroxyl groups excluding tert-OH is 1. The van der Waals surface area contributed by atoms with Gasteiger partial charge >= 0.3 is 18.0 Å². The number of carboxylic acids is 1. The van der Waals surface area contributed by atoms with Crippen LogP contribution in [0, 0.1) is 11.8 Å². The average molecular weight is 553 g/mol. The van der Waals surface area contributed by atoms with E-state index in [0.29, 0.717) is 16.9 Å². The van der Waals surface area contributed by atoms with Crippen LogP contribution < -0.4 is 0 Å². The third-order valence-electron chi connectivity index (χ3n) is 7.39. The Hall–Kier alpha value is -2.41. The first kappa shape index (κ1) is 27.6. The number of aliphatic carboxylic acids is 1. The minimum absolute atomic E-state index is 0.116. The van der Waals surface area contributed by atoms with Gasteiger partial charge in [0.25, 0.3) is 0 Å². The van der Waals surface area contributed by atoms with Crippen molar-refractivity contribution in [1.82, 2.24) is 9.38 Å². The molecule has 0 aromatic carbocycles. The number of aliphatic hydroxyl groups is 1. The van der Waals surface area contributed by atoms with Crippen molar-refractivity contribution in [1.29, 1.82) is 0 Å². The maximum absolute atomic E-state index is 13.5. The Morgan fingerprint density at radius 2 is 2.00 bits per heavy atom. The molecule has 1 unspecified atom stereocenters. The van der Waals surface area contributed by atoms with E-state index in [4.69, 9.17) is 9.47 Å². The van der Waals surface area contributed by atoms with Gasteiger partial charge in [0.05, 0.1) is 17.6 Å². The number of thioether (sulfide) groups is 1. The second-order valence-electron chi connectivity index (χ2n) is 9.67. The SMILES string of the molecule is CCCCCCCOC(=O)OC[N+]12C(=O)[C@H]([C@@H](C)O)[C@H]1[C@@H](C)C(c1cn3cnc(SC)c3s1)=C2C(=O)O. The molecule has 2 aromatic rings. The molecule has 0 saturated carbocycles. The fourth-order valence-corrected chi connectivity index (χ4v) is 7.66. The second-order valence-corrected chi connectivity index (χ2v) is 11.5. The number of fused-ring (bicyclic) bond motifs is 2. The van der Waals surface area contributed by atoms with E-state index in [2.05, 4.69) is 11.9 Å². The van der Waals surface area contributed by atoms with Crippen molar-refractivity contribution in [2.75, 3.05) is 19.6 Å². The molecular formula is C25H34N3O7S2+. The molecule has 1 amide bonds. The fraction of sp³-hybridized carbons (Fsp3) is 0.600. The molecule has 12 heteroatoms. The average Bonchev–Trinajstić information content (AvgIpc) is 3.49. The number of nitrogens with zero attached hydrogens (tertiary/aromatic N) is 3. The first-order valence-corrected chi connectivity index (χ1v) is 14.6. The summed E-state index contributed by atoms with van der Waals surface area (Å²) >= 11 is 2.90. The number of aromatic nitrogens is 2. The van der Waals surface area contributed by atoms with Crippen LogP contribution in [-0.2, 0) is 19.1 Å². The van der Waals surface area contributed by atoms with Crippen LogP contribution in [0.4, 0.5) is 4.79 Å². The lowest BCUT2D eigenvalue weighted by atomic mass is 9.75. The van der Waals surface area contributed by atoms with E-state index in [1.165, 1.54) is 30.0 Å². The van der Waals surface area contributed by atoms with Gasteiger partial charge in [0.1, 0.15) is 22.2 Å². The van der Waals surface area contributed by atoms with Crippen LogP contribution in [0.3, 0.4) is 0 Å². The predicted octanol–water partition coefficient (Wildman–Crippen LogP) is 4.37. The summed E-state index contributed by atoms with van der Waals surface area (Å²) in [5.41, 5.74) is 0.401. The van der Waals surface area contributed by atoms with Crippen molar-refractivity contribution in [3.05, 3.63) is 23.1 Å². The number of carbonyl (C=O) groups is 3. The number of carboxylic acid groups (broad SMARTS) is 1. The highest BCUT2D eigenvalue weighted by Gasteiger charge is 2.75. The molecule has 4 heterocycles. The van der Waals surface area contributed by atoms with Crippen molar-refractivity contribution in [3.63, 3.8) is 0 Å². The molecule has 0 radical (unpaired) electrons. The summed E-state index contributed by atoms with van der Waals surface area (Å²) in [5, 5.41) is 21.6. The van der Waals surface area contributed by atoms with Crippen LogP contribution in [-0.4, -0.2) is 73.9 Å². The molecule has 1 fully saturated rings. The first-order valence-electron chi connectivity index (χ1n) is 12.6. The van der Waals surface area contributed by atoms with Gasteiger partial charge in [-0.2, -0.15) is 4.48 Å². The minimum atomic E-state index is -1.25. The van der Waals surface area contributed by atoms with E-state index in [1.54, 1.807) is 6.33 Å². The van der Waals surface area contributed by atoms with Crippen LogP contribution in [0.1, 0.15) is 57.8 Å². The summed E-state index contributed by atoms with van der Waals surface area (Å²) in [6, 6.07) is -0.574. The van der Waals surface area contributed by atoms with E-state index in [9.17, 15) is 24.6 Å². The Morgan fingerprint density at radius 1 is 1.27 bits per heavy atom. The summed E-state index contributed by atoms with van der Waals surface area (Å²) in [5.74, 6) is -2.87. The quantitative estimate of drug-likeness (QED) is 0.130. The topological polar surface area (TPSA) is 127 Å². The van der Waals surface area contributed by atoms with Crippen molar-refractivity contribution in [2.24, 2.45) is 11.8 Å². The molecule has 1 saturated heterocycles. The highest BCUT2D eigenvalue weighted by atomic mass is 32.2. The van der Waals surface area contributed by atoms with Gasteiger partial charge in [-0.15, -0.1) is 23.1 Å². The Bertz CT molecular complexity index is 1220. The van der Waals surface area contributed by atoms with Gasteiger partial charge in [-0.25, -0.2) is 19.4 Å². The number of thiazole rings is 1. The predicted molar refractivity (Wildman–Crippen MR) is 139 cm³/mol. The highest BCUT2D eigenvalue weighted by Crippen LogP contribution is 2.57. The third-order valence-corrected chi connectivity index (χ3v) is 9.35. The van der Waals surface area contributed by atoms with Crippen LogP contribution in [0.15, 0.2) is 23.2 Å². The summed E-state index contributed by atoms with van der Waals surface area (Å²) in [6.45, 7) is 5.23. The lowest BCUT2D eigenvalue weighted by Gasteiger charge is -2.51. The van der Waals surface area contributed by atoms with E-state index in [0.717, 1.165) is 35.5 Å². The fourth-order valence-electron chi connectivity index (χ4n) is 5.74. The van der Waals surface area contributed by atoms with Gasteiger partial charge in [0, 0.05) is 17.7 Å². The number of hydrogen-bond donors (Lipinski definition) is 2. The molecule has 2 aliphatic heterocycles. The number of hydrogen-bond acceptors (Lipinski definition) is 9. The molecule has 10 nitrogen and oxygen atoms in total. The molecule has 5 atom stereocenters. The van der Waals surface area contributed by atoms with Gasteiger partial charge in [-0.3, -0.25) is 4.40 Å². The lowest BCUT2D eigenvalue weighted by molar-refractivity contribution is -0.891. The largest absolute Gasteiger partial charge is 0.512 e. The number of quaternary nitrogens is 1. The van der Waals surface area contributed by atoms with Crippen molar-refractivity contribution in [3.8, 4) is 0 Å². The van der Waals surface area contributed by atoms with E-state index >= 15 is 0 Å². The van der Waals surface area contributed by atoms with Gasteiger partial charge in [0.2, 0.25) is 12.4 Å². The molecule has 0 bridgehead atoms. The van der Waals surface area contributed by atoms with E-state index in [1.807, 2.05) is 23.8 Å². The number of unbranched alkanes of at least 4 members (excludes halogenated alkanes) is 4. The first-order chi connectivity index (χ1) is 17.7. The minimum Gasteiger partial charge on any atom is -0.474 e. The number of ether oxygens (including phenoxy) is 2. The normalized spacial score (nSPS) is 25.8. The summed E-state index contributed by atoms with van der Waals surface area (Å²) < 4.78 is 11.7. The van der Waals surface area contributed by atoms with Crippen LogP contribution >= 0.6 is 23.1 Å². The summed E-state index contributed by atoms with van der Waals surface area (Å²) in [6.07, 6.45) is 8.46. The van der Waals surface area contributed by atoms with E-state index in [-0.39, 0.29) is 18.2 Å². The van der Waals surface area contributed by atoms with E-state index < -0.39 is 47.3 Å². The van der Waals surface area contributed by atoms with Gasteiger partial charge in [-0.05, 0) is 19.6 Å². The third kappa shape index (κ3) is 4.68. The molecule has 202 valence electrons. The molecule has 0 aliphatic carbocycles. The number of rotatable bonds is 12. The molecule has 37 heavy (non-hydrogen) atoms. The summed E-state index contributed by atoms with van der Waals surface area (Å²) in [7, 11) is 0. The Kier molecular flexibility index (Phi) is 8.32. The van der Waals surface area contributed by atoms with Crippen molar-refractivity contribution in [2.45, 2.75) is 70.0 Å². The second kappa shape index (κ2) is 11.1. The zero-order chi connectivity index (χ0) is 26.9. The Balaban J connectivity index is 1.63. The van der Waals surface area contributed by atoms with Crippen LogP contribution in [0.25, 0.3) is 10.4 Å². The van der Waals surface area contributed by atoms with Crippen molar-refractivity contribution < 1.29 is 38.6 Å². The standard InChI is InChI=1S/C25H33N3O7S2/c1-5-6-7-8-9-10-34-25(33)35-13-28-19(18(15(3)29)23(28)30)14(2)17(20(28)24(31)32)16-11-27-12-26-21(36-4)22(27)37-16/h11-12,14-15,18-19,29H,5-10,13H2,1-4H3/p+1/t14-,15+,18+,19+,28?/m0/s1. The maximum atomic E-state index is 13.5. The molecule has 4 rings (SSSR count). The molecule has 0 spiro atoms. The van der Waals surface area contributed by atoms with Gasteiger partial charge in [-0.1, -0.05) is 39.5 Å². The number of carbonyl (C=O) groups excluding carboxylic acids is 2. The highest BCUT2D eigenvalue weighted by molar-refractivity contribution is 7.98. The Morgan fingerprint density at radius 3 is 2.65 bits per heavy atom. The summed E-state index contributed by atoms with van der Waals surface area (Å²) in [4.78, 5) is 44.5. The molecule has 2 aromatic heterocycles. The van der Waals surface area contributed by atoms with Crippen LogP contribution in [0.5, 0.6) is 0 Å². The monoisotopic (exact) mass is 552 g/mol.